The van der Waals surface area contributed by atoms with Crippen LogP contribution in [0.2, 0.25) is 5.02 Å². The lowest BCUT2D eigenvalue weighted by Crippen LogP contribution is -2.14. The van der Waals surface area contributed by atoms with Crippen LogP contribution in [0, 0.1) is 12.7 Å². The number of hydrogen-bond acceptors (Lipinski definition) is 2. The largest absolute Gasteiger partial charge is 0.378 e. The summed E-state index contributed by atoms with van der Waals surface area (Å²) in [6.07, 6.45) is 0. The highest BCUT2D eigenvalue weighted by molar-refractivity contribution is 6.31. The molecule has 0 aliphatic heterocycles. The summed E-state index contributed by atoms with van der Waals surface area (Å²) in [7, 11) is 0. The van der Waals surface area contributed by atoms with E-state index < -0.39 is 0 Å². The summed E-state index contributed by atoms with van der Waals surface area (Å²) in [6.45, 7) is 2.01. The van der Waals surface area contributed by atoms with Crippen LogP contribution in [-0.4, -0.2) is 12.3 Å². The van der Waals surface area contributed by atoms with Gasteiger partial charge in [-0.05, 0) is 55.0 Å². The Balaban J connectivity index is 2.01. The van der Waals surface area contributed by atoms with Crippen molar-refractivity contribution >= 4 is 23.1 Å². The first-order chi connectivity index (χ1) is 9.06. The standard InChI is InChI=1S/C15H13ClFNO/c1-10-8-11(2-7-14(10)16)15(19)9-18-13-5-3-12(17)4-6-13/h2-8,18H,9H2,1H3. The zero-order valence-electron chi connectivity index (χ0n) is 10.4. The van der Waals surface area contributed by atoms with Crippen LogP contribution in [0.15, 0.2) is 42.5 Å². The molecule has 2 aromatic rings. The second-order valence-electron chi connectivity index (χ2n) is 4.25. The van der Waals surface area contributed by atoms with Crippen molar-refractivity contribution in [3.8, 4) is 0 Å². The van der Waals surface area contributed by atoms with E-state index in [1.54, 1.807) is 30.3 Å². The van der Waals surface area contributed by atoms with E-state index in [1.807, 2.05) is 6.92 Å². The highest BCUT2D eigenvalue weighted by Crippen LogP contribution is 2.17. The van der Waals surface area contributed by atoms with Crippen LogP contribution in [0.1, 0.15) is 15.9 Å². The summed E-state index contributed by atoms with van der Waals surface area (Å²) in [5, 5.41) is 3.60. The lowest BCUT2D eigenvalue weighted by atomic mass is 10.1. The smallest absolute Gasteiger partial charge is 0.181 e. The van der Waals surface area contributed by atoms with Crippen LogP contribution in [-0.2, 0) is 0 Å². The minimum atomic E-state index is -0.301. The topological polar surface area (TPSA) is 29.1 Å². The van der Waals surface area contributed by atoms with Gasteiger partial charge in [-0.15, -0.1) is 0 Å². The molecule has 0 aromatic heterocycles. The average Bonchev–Trinajstić information content (AvgIpc) is 2.41. The number of anilines is 1. The van der Waals surface area contributed by atoms with E-state index in [9.17, 15) is 9.18 Å². The second-order valence-corrected chi connectivity index (χ2v) is 4.65. The molecule has 1 N–H and O–H groups in total. The van der Waals surface area contributed by atoms with Gasteiger partial charge >= 0.3 is 0 Å². The van der Waals surface area contributed by atoms with E-state index in [2.05, 4.69) is 5.32 Å². The number of hydrogen-bond donors (Lipinski definition) is 1. The number of aryl methyl sites for hydroxylation is 1. The first-order valence-corrected chi connectivity index (χ1v) is 6.23. The monoisotopic (exact) mass is 277 g/mol. The van der Waals surface area contributed by atoms with E-state index in [4.69, 9.17) is 11.6 Å². The predicted octanol–water partition coefficient (Wildman–Crippen LogP) is 4.08. The fourth-order valence-corrected chi connectivity index (χ4v) is 1.79. The van der Waals surface area contributed by atoms with Crippen molar-refractivity contribution in [1.29, 1.82) is 0 Å². The van der Waals surface area contributed by atoms with Gasteiger partial charge < -0.3 is 5.32 Å². The van der Waals surface area contributed by atoms with Crippen LogP contribution in [0.25, 0.3) is 0 Å². The van der Waals surface area contributed by atoms with Crippen LogP contribution < -0.4 is 5.32 Å². The summed E-state index contributed by atoms with van der Waals surface area (Å²) >= 11 is 5.91. The van der Waals surface area contributed by atoms with Crippen molar-refractivity contribution in [1.82, 2.24) is 0 Å². The maximum atomic E-state index is 12.7. The lowest BCUT2D eigenvalue weighted by Gasteiger charge is -2.07. The number of carbonyl (C=O) groups excluding carboxylic acids is 1. The first kappa shape index (κ1) is 13.6. The summed E-state index contributed by atoms with van der Waals surface area (Å²) < 4.78 is 12.7. The van der Waals surface area contributed by atoms with Crippen molar-refractivity contribution in [3.63, 3.8) is 0 Å². The molecular weight excluding hydrogens is 265 g/mol. The molecule has 0 aliphatic rings. The minimum Gasteiger partial charge on any atom is -0.378 e. The third kappa shape index (κ3) is 3.55. The van der Waals surface area contributed by atoms with Gasteiger partial charge in [-0.3, -0.25) is 4.79 Å². The van der Waals surface area contributed by atoms with E-state index in [0.29, 0.717) is 16.3 Å². The Bertz CT molecular complexity index is 596. The average molecular weight is 278 g/mol. The zero-order chi connectivity index (χ0) is 13.8. The van der Waals surface area contributed by atoms with Gasteiger partial charge in [0.1, 0.15) is 5.82 Å². The maximum Gasteiger partial charge on any atom is 0.181 e. The number of rotatable bonds is 4. The molecule has 0 atom stereocenters. The molecule has 98 valence electrons. The quantitative estimate of drug-likeness (QED) is 0.853. The third-order valence-corrected chi connectivity index (χ3v) is 3.20. The fourth-order valence-electron chi connectivity index (χ4n) is 1.67. The Morgan fingerprint density at radius 2 is 1.89 bits per heavy atom. The molecule has 2 rings (SSSR count). The van der Waals surface area contributed by atoms with Gasteiger partial charge in [-0.25, -0.2) is 4.39 Å². The molecule has 2 nitrogen and oxygen atoms in total. The normalized spacial score (nSPS) is 10.3. The molecule has 19 heavy (non-hydrogen) atoms. The number of Topliss-reactive ketones (excluding diaryl/α,β-unsaturated/α-hetero) is 1. The lowest BCUT2D eigenvalue weighted by molar-refractivity contribution is 0.101. The number of halogens is 2. The van der Waals surface area contributed by atoms with Crippen LogP contribution in [0.4, 0.5) is 10.1 Å². The van der Waals surface area contributed by atoms with E-state index in [-0.39, 0.29) is 18.1 Å². The molecule has 0 saturated heterocycles. The van der Waals surface area contributed by atoms with Gasteiger partial charge in [-0.1, -0.05) is 11.6 Å². The van der Waals surface area contributed by atoms with Gasteiger partial charge in [0, 0.05) is 16.3 Å². The van der Waals surface area contributed by atoms with Crippen LogP contribution in [0.5, 0.6) is 0 Å². The maximum absolute atomic E-state index is 12.7. The molecule has 0 fully saturated rings. The van der Waals surface area contributed by atoms with Crippen molar-refractivity contribution in [2.75, 3.05) is 11.9 Å². The summed E-state index contributed by atoms with van der Waals surface area (Å²) in [4.78, 5) is 12.0. The number of benzene rings is 2. The molecule has 0 unspecified atom stereocenters. The van der Waals surface area contributed by atoms with Gasteiger partial charge in [-0.2, -0.15) is 0 Å². The van der Waals surface area contributed by atoms with Gasteiger partial charge in [0.05, 0.1) is 6.54 Å². The summed E-state index contributed by atoms with van der Waals surface area (Å²) in [6, 6.07) is 11.0. The summed E-state index contributed by atoms with van der Waals surface area (Å²) in [5.74, 6) is -0.339. The summed E-state index contributed by atoms with van der Waals surface area (Å²) in [5.41, 5.74) is 2.19. The minimum absolute atomic E-state index is 0.0379. The Morgan fingerprint density at radius 1 is 1.21 bits per heavy atom. The van der Waals surface area contributed by atoms with Crippen molar-refractivity contribution in [3.05, 3.63) is 64.4 Å². The molecule has 0 radical (unpaired) electrons. The van der Waals surface area contributed by atoms with Crippen LogP contribution in [0.3, 0.4) is 0 Å². The predicted molar refractivity (Wildman–Crippen MR) is 75.4 cm³/mol. The fraction of sp³-hybridized carbons (Fsp3) is 0.133. The van der Waals surface area contributed by atoms with Gasteiger partial charge in [0.25, 0.3) is 0 Å². The molecular formula is C15H13ClFNO. The first-order valence-electron chi connectivity index (χ1n) is 5.85. The molecule has 0 saturated carbocycles. The van der Waals surface area contributed by atoms with Crippen molar-refractivity contribution in [2.24, 2.45) is 0 Å². The molecule has 2 aromatic carbocycles. The second kappa shape index (κ2) is 5.85. The molecule has 0 aliphatic carbocycles. The molecule has 0 amide bonds. The van der Waals surface area contributed by atoms with Gasteiger partial charge in [0.15, 0.2) is 5.78 Å². The highest BCUT2D eigenvalue weighted by atomic mass is 35.5. The number of ketones is 1. The zero-order valence-corrected chi connectivity index (χ0v) is 11.2. The molecule has 0 spiro atoms. The molecule has 0 bridgehead atoms. The Kier molecular flexibility index (Phi) is 4.17. The van der Waals surface area contributed by atoms with Crippen LogP contribution >= 0.6 is 11.6 Å². The highest BCUT2D eigenvalue weighted by Gasteiger charge is 2.07. The van der Waals surface area contributed by atoms with E-state index >= 15 is 0 Å². The Hall–Kier alpha value is -1.87. The number of carbonyl (C=O) groups is 1. The van der Waals surface area contributed by atoms with Crippen molar-refractivity contribution < 1.29 is 9.18 Å². The van der Waals surface area contributed by atoms with E-state index in [0.717, 1.165) is 5.56 Å². The molecule has 4 heteroatoms. The Labute approximate surface area is 116 Å². The SMILES string of the molecule is Cc1cc(C(=O)CNc2ccc(F)cc2)ccc1Cl. The van der Waals surface area contributed by atoms with Gasteiger partial charge in [0.2, 0.25) is 0 Å². The Morgan fingerprint density at radius 3 is 2.53 bits per heavy atom. The number of nitrogens with one attached hydrogen (secondary N) is 1. The van der Waals surface area contributed by atoms with Crippen molar-refractivity contribution in [2.45, 2.75) is 6.92 Å². The third-order valence-electron chi connectivity index (χ3n) is 2.78. The molecule has 0 heterocycles. The van der Waals surface area contributed by atoms with E-state index in [1.165, 1.54) is 12.1 Å².